The molecule has 2 heterocycles. The van der Waals surface area contributed by atoms with E-state index in [-0.39, 0.29) is 5.88 Å². The Labute approximate surface area is 84.7 Å². The van der Waals surface area contributed by atoms with Gasteiger partial charge in [0.1, 0.15) is 11.0 Å². The lowest BCUT2D eigenvalue weighted by Gasteiger charge is -1.99. The molecule has 66 valence electrons. The molecule has 2 rings (SSSR count). The zero-order valence-electron chi connectivity index (χ0n) is 6.54. The lowest BCUT2D eigenvalue weighted by molar-refractivity contribution is 1.05. The van der Waals surface area contributed by atoms with E-state index in [4.69, 9.17) is 23.2 Å². The van der Waals surface area contributed by atoms with E-state index in [2.05, 4.69) is 15.0 Å². The number of aromatic nitrogens is 3. The fourth-order valence-corrected chi connectivity index (χ4v) is 1.39. The van der Waals surface area contributed by atoms with Crippen LogP contribution in [0.25, 0.3) is 11.0 Å². The van der Waals surface area contributed by atoms with Crippen LogP contribution in [-0.2, 0) is 5.88 Å². The standard InChI is InChI=1S/C8H5Cl2N3/c9-4-6-12-7(10)5-2-1-3-11-8(5)13-6/h1-3H,4H2. The van der Waals surface area contributed by atoms with Crippen molar-refractivity contribution < 1.29 is 0 Å². The molecule has 0 radical (unpaired) electrons. The maximum Gasteiger partial charge on any atom is 0.164 e. The van der Waals surface area contributed by atoms with Crippen LogP contribution < -0.4 is 0 Å². The van der Waals surface area contributed by atoms with E-state index in [1.165, 1.54) is 0 Å². The van der Waals surface area contributed by atoms with Crippen LogP contribution in [0.3, 0.4) is 0 Å². The second kappa shape index (κ2) is 3.44. The minimum atomic E-state index is 0.242. The van der Waals surface area contributed by atoms with Gasteiger partial charge >= 0.3 is 0 Å². The summed E-state index contributed by atoms with van der Waals surface area (Å²) in [4.78, 5) is 12.2. The third-order valence-corrected chi connectivity index (χ3v) is 2.12. The second-order valence-corrected chi connectivity index (χ2v) is 3.06. The predicted molar refractivity (Wildman–Crippen MR) is 51.9 cm³/mol. The molecule has 3 nitrogen and oxygen atoms in total. The summed E-state index contributed by atoms with van der Waals surface area (Å²) in [7, 11) is 0. The highest BCUT2D eigenvalue weighted by atomic mass is 35.5. The van der Waals surface area contributed by atoms with Gasteiger partial charge in [-0.05, 0) is 12.1 Å². The first kappa shape index (κ1) is 8.66. The number of fused-ring (bicyclic) bond motifs is 1. The third kappa shape index (κ3) is 1.57. The Balaban J connectivity index is 2.77. The molecule has 0 fully saturated rings. The maximum absolute atomic E-state index is 5.89. The van der Waals surface area contributed by atoms with Crippen molar-refractivity contribution in [3.63, 3.8) is 0 Å². The van der Waals surface area contributed by atoms with Gasteiger partial charge in [0.2, 0.25) is 0 Å². The molecule has 0 amide bonds. The van der Waals surface area contributed by atoms with Crippen molar-refractivity contribution in [1.82, 2.24) is 15.0 Å². The molecule has 2 aromatic rings. The van der Waals surface area contributed by atoms with Gasteiger partial charge in [0.25, 0.3) is 0 Å². The van der Waals surface area contributed by atoms with Crippen LogP contribution in [0.5, 0.6) is 0 Å². The zero-order chi connectivity index (χ0) is 9.26. The Morgan fingerprint density at radius 2 is 2.15 bits per heavy atom. The van der Waals surface area contributed by atoms with E-state index in [0.29, 0.717) is 16.6 Å². The highest BCUT2D eigenvalue weighted by Crippen LogP contribution is 2.18. The number of rotatable bonds is 1. The average Bonchev–Trinajstić information content (AvgIpc) is 2.18. The number of hydrogen-bond donors (Lipinski definition) is 0. The first-order chi connectivity index (χ1) is 6.31. The number of halogens is 2. The summed E-state index contributed by atoms with van der Waals surface area (Å²) in [5, 5.41) is 1.15. The van der Waals surface area contributed by atoms with E-state index < -0.39 is 0 Å². The van der Waals surface area contributed by atoms with Crippen molar-refractivity contribution in [2.75, 3.05) is 0 Å². The van der Waals surface area contributed by atoms with Crippen molar-refractivity contribution in [3.05, 3.63) is 29.3 Å². The van der Waals surface area contributed by atoms with Crippen molar-refractivity contribution in [3.8, 4) is 0 Å². The van der Waals surface area contributed by atoms with E-state index in [1.807, 2.05) is 6.07 Å². The van der Waals surface area contributed by atoms with Crippen molar-refractivity contribution >= 4 is 34.2 Å². The largest absolute Gasteiger partial charge is 0.236 e. The van der Waals surface area contributed by atoms with Gasteiger partial charge < -0.3 is 0 Å². The van der Waals surface area contributed by atoms with E-state index >= 15 is 0 Å². The molecule has 0 spiro atoms. The highest BCUT2D eigenvalue weighted by molar-refractivity contribution is 6.33. The Bertz CT molecular complexity index is 444. The van der Waals surface area contributed by atoms with Gasteiger partial charge in [-0.15, -0.1) is 11.6 Å². The van der Waals surface area contributed by atoms with E-state index in [9.17, 15) is 0 Å². The average molecular weight is 214 g/mol. The van der Waals surface area contributed by atoms with Gasteiger partial charge in [0.15, 0.2) is 5.65 Å². The van der Waals surface area contributed by atoms with Crippen molar-refractivity contribution in [2.24, 2.45) is 0 Å². The van der Waals surface area contributed by atoms with Crippen LogP contribution in [0, 0.1) is 0 Å². The molecule has 0 aromatic carbocycles. The lowest BCUT2D eigenvalue weighted by atomic mass is 10.3. The van der Waals surface area contributed by atoms with Crippen LogP contribution in [0.2, 0.25) is 5.15 Å². The first-order valence-corrected chi connectivity index (χ1v) is 4.55. The minimum absolute atomic E-state index is 0.242. The lowest BCUT2D eigenvalue weighted by Crippen LogP contribution is -1.94. The molecule has 0 aliphatic rings. The van der Waals surface area contributed by atoms with Gasteiger partial charge in [0, 0.05) is 6.20 Å². The van der Waals surface area contributed by atoms with Crippen LogP contribution >= 0.6 is 23.2 Å². The van der Waals surface area contributed by atoms with E-state index in [0.717, 1.165) is 5.39 Å². The molecule has 0 unspecified atom stereocenters. The van der Waals surface area contributed by atoms with Crippen LogP contribution in [-0.4, -0.2) is 15.0 Å². The number of alkyl halides is 1. The summed E-state index contributed by atoms with van der Waals surface area (Å²) in [5.74, 6) is 0.740. The maximum atomic E-state index is 5.89. The molecule has 0 saturated heterocycles. The summed E-state index contributed by atoms with van der Waals surface area (Å²) in [5.41, 5.74) is 0.582. The Morgan fingerprint density at radius 3 is 2.92 bits per heavy atom. The summed E-state index contributed by atoms with van der Waals surface area (Å²) >= 11 is 11.5. The Hall–Kier alpha value is -0.930. The summed E-state index contributed by atoms with van der Waals surface area (Å²) in [6.45, 7) is 0. The highest BCUT2D eigenvalue weighted by Gasteiger charge is 2.04. The molecule has 0 bridgehead atoms. The summed E-state index contributed by atoms with van der Waals surface area (Å²) < 4.78 is 0. The fourth-order valence-electron chi connectivity index (χ4n) is 1.03. The number of pyridine rings is 1. The second-order valence-electron chi connectivity index (χ2n) is 2.44. The topological polar surface area (TPSA) is 38.7 Å². The minimum Gasteiger partial charge on any atom is -0.236 e. The van der Waals surface area contributed by atoms with Crippen LogP contribution in [0.15, 0.2) is 18.3 Å². The van der Waals surface area contributed by atoms with Crippen LogP contribution in [0.4, 0.5) is 0 Å². The van der Waals surface area contributed by atoms with Gasteiger partial charge in [0.05, 0.1) is 11.3 Å². The van der Waals surface area contributed by atoms with Gasteiger partial charge in [-0.25, -0.2) is 15.0 Å². The van der Waals surface area contributed by atoms with Gasteiger partial charge in [-0.2, -0.15) is 0 Å². The normalized spacial score (nSPS) is 10.6. The molecule has 2 aromatic heterocycles. The SMILES string of the molecule is ClCc1nc(Cl)c2cccnc2n1. The monoisotopic (exact) mass is 213 g/mol. The van der Waals surface area contributed by atoms with Crippen molar-refractivity contribution in [2.45, 2.75) is 5.88 Å². The number of nitrogens with zero attached hydrogens (tertiary/aromatic N) is 3. The Kier molecular flexibility index (Phi) is 2.29. The molecular weight excluding hydrogens is 209 g/mol. The van der Waals surface area contributed by atoms with Gasteiger partial charge in [-0.3, -0.25) is 0 Å². The first-order valence-electron chi connectivity index (χ1n) is 3.64. The number of hydrogen-bond acceptors (Lipinski definition) is 3. The quantitative estimate of drug-likeness (QED) is 0.540. The molecule has 0 atom stereocenters. The third-order valence-electron chi connectivity index (χ3n) is 1.59. The summed E-state index contributed by atoms with van der Waals surface area (Å²) in [6, 6.07) is 3.61. The van der Waals surface area contributed by atoms with Crippen molar-refractivity contribution in [1.29, 1.82) is 0 Å². The van der Waals surface area contributed by atoms with Gasteiger partial charge in [-0.1, -0.05) is 11.6 Å². The predicted octanol–water partition coefficient (Wildman–Crippen LogP) is 2.42. The molecular formula is C8H5Cl2N3. The molecule has 5 heteroatoms. The Morgan fingerprint density at radius 1 is 1.31 bits per heavy atom. The molecule has 0 saturated carbocycles. The molecule has 13 heavy (non-hydrogen) atoms. The molecule has 0 aliphatic carbocycles. The zero-order valence-corrected chi connectivity index (χ0v) is 8.05. The molecule has 0 aliphatic heterocycles. The smallest absolute Gasteiger partial charge is 0.164 e. The van der Waals surface area contributed by atoms with E-state index in [1.54, 1.807) is 12.3 Å². The summed E-state index contributed by atoms with van der Waals surface area (Å²) in [6.07, 6.45) is 1.66. The molecule has 0 N–H and O–H groups in total. The van der Waals surface area contributed by atoms with Crippen LogP contribution in [0.1, 0.15) is 5.82 Å². The fraction of sp³-hybridized carbons (Fsp3) is 0.125.